The van der Waals surface area contributed by atoms with Gasteiger partial charge >= 0.3 is 0 Å². The van der Waals surface area contributed by atoms with Gasteiger partial charge in [0.05, 0.1) is 13.1 Å². The fraction of sp³-hybridized carbons (Fsp3) is 0.263. The molecular weight excluding hydrogens is 340 g/mol. The number of carbonyl (C=O) groups excluding carboxylic acids is 2. The van der Waals surface area contributed by atoms with E-state index in [1.54, 1.807) is 0 Å². The molecule has 3 rings (SSSR count). The topological polar surface area (TPSA) is 62.6 Å². The van der Waals surface area contributed by atoms with Crippen molar-refractivity contribution < 1.29 is 23.3 Å². The second-order valence-electron chi connectivity index (χ2n) is 6.33. The van der Waals surface area contributed by atoms with Gasteiger partial charge in [0.25, 0.3) is 5.91 Å². The van der Waals surface area contributed by atoms with Crippen LogP contribution in [0.5, 0.6) is 0 Å². The Hall–Kier alpha value is -2.80. The number of carbonyl (C=O) groups is 2. The monoisotopic (exact) mass is 360 g/mol. The second-order valence-corrected chi connectivity index (χ2v) is 6.33. The Morgan fingerprint density at radius 2 is 1.77 bits per heavy atom. The molecule has 26 heavy (non-hydrogen) atoms. The van der Waals surface area contributed by atoms with E-state index in [4.69, 9.17) is 0 Å². The van der Waals surface area contributed by atoms with Crippen LogP contribution in [0.4, 0.5) is 14.5 Å². The third-order valence-corrected chi connectivity index (χ3v) is 4.37. The summed E-state index contributed by atoms with van der Waals surface area (Å²) in [5, 5.41) is 4.98. The van der Waals surface area contributed by atoms with Crippen molar-refractivity contribution in [2.75, 3.05) is 25.0 Å². The van der Waals surface area contributed by atoms with E-state index in [1.165, 1.54) is 17.2 Å². The lowest BCUT2D eigenvalue weighted by molar-refractivity contribution is -0.908. The summed E-state index contributed by atoms with van der Waals surface area (Å²) in [6.07, 6.45) is 0.926. The van der Waals surface area contributed by atoms with Crippen LogP contribution in [-0.4, -0.2) is 31.4 Å². The highest BCUT2D eigenvalue weighted by Gasteiger charge is 2.21. The Bertz CT molecular complexity index is 826. The highest BCUT2D eigenvalue weighted by molar-refractivity contribution is 5.94. The fourth-order valence-corrected chi connectivity index (χ4v) is 3.04. The first-order valence-corrected chi connectivity index (χ1v) is 8.43. The number of nitrogens with one attached hydrogen (secondary N) is 3. The lowest BCUT2D eigenvalue weighted by Crippen LogP contribution is -3.12. The second kappa shape index (κ2) is 8.05. The average molecular weight is 360 g/mol. The molecule has 1 aliphatic rings. The minimum atomic E-state index is -1.04. The highest BCUT2D eigenvalue weighted by atomic mass is 19.2. The molecule has 1 unspecified atom stereocenters. The molecular formula is C19H20F2N3O2+. The van der Waals surface area contributed by atoms with Gasteiger partial charge in [-0.25, -0.2) is 8.78 Å². The number of fused-ring (bicyclic) bond motifs is 1. The van der Waals surface area contributed by atoms with Crippen molar-refractivity contribution in [1.82, 2.24) is 5.32 Å². The van der Waals surface area contributed by atoms with Gasteiger partial charge in [-0.3, -0.25) is 9.59 Å². The van der Waals surface area contributed by atoms with Crippen molar-refractivity contribution >= 4 is 17.5 Å². The maximum Gasteiger partial charge on any atom is 0.275 e. The molecule has 1 heterocycles. The van der Waals surface area contributed by atoms with Gasteiger partial charge in [-0.05, 0) is 17.7 Å². The molecule has 5 nitrogen and oxygen atoms in total. The molecule has 3 N–H and O–H groups in total. The van der Waals surface area contributed by atoms with Crippen LogP contribution in [0, 0.1) is 11.6 Å². The van der Waals surface area contributed by atoms with E-state index in [0.29, 0.717) is 0 Å². The van der Waals surface area contributed by atoms with Crippen LogP contribution in [0.3, 0.4) is 0 Å². The van der Waals surface area contributed by atoms with Gasteiger partial charge in [0, 0.05) is 23.7 Å². The van der Waals surface area contributed by atoms with Crippen LogP contribution in [0.25, 0.3) is 0 Å². The molecule has 0 spiro atoms. The van der Waals surface area contributed by atoms with Gasteiger partial charge < -0.3 is 15.5 Å². The third-order valence-electron chi connectivity index (χ3n) is 4.37. The van der Waals surface area contributed by atoms with Gasteiger partial charge in [-0.2, -0.15) is 0 Å². The summed E-state index contributed by atoms with van der Waals surface area (Å²) in [4.78, 5) is 25.0. The van der Waals surface area contributed by atoms with E-state index in [9.17, 15) is 18.4 Å². The van der Waals surface area contributed by atoms with Gasteiger partial charge in [0.1, 0.15) is 6.54 Å². The fourth-order valence-electron chi connectivity index (χ4n) is 3.04. The first kappa shape index (κ1) is 18.0. The standard InChI is InChI=1S/C19H19F2N3O2/c20-16-6-5-15(9-17(16)21)23-18(25)10-22-19(26)12-24-8-7-13-3-1-2-4-14(13)11-24/h1-6,9H,7-8,10-12H2,(H,22,26)(H,23,25)/p+1. The van der Waals surface area contributed by atoms with E-state index >= 15 is 0 Å². The predicted octanol–water partition coefficient (Wildman–Crippen LogP) is 0.661. The Balaban J connectivity index is 1.44. The van der Waals surface area contributed by atoms with Crippen molar-refractivity contribution in [3.63, 3.8) is 0 Å². The molecule has 1 aliphatic heterocycles. The number of quaternary nitrogens is 1. The molecule has 0 fully saturated rings. The average Bonchev–Trinajstić information content (AvgIpc) is 2.63. The number of amides is 2. The number of hydrogen-bond donors (Lipinski definition) is 3. The van der Waals surface area contributed by atoms with Gasteiger partial charge in [-0.1, -0.05) is 24.3 Å². The zero-order valence-electron chi connectivity index (χ0n) is 14.1. The summed E-state index contributed by atoms with van der Waals surface area (Å²) in [5.74, 6) is -2.74. The third kappa shape index (κ3) is 4.64. The Morgan fingerprint density at radius 3 is 2.54 bits per heavy atom. The van der Waals surface area contributed by atoms with Gasteiger partial charge in [0.15, 0.2) is 18.2 Å². The molecule has 2 amide bonds. The summed E-state index contributed by atoms with van der Waals surface area (Å²) in [7, 11) is 0. The number of anilines is 1. The van der Waals surface area contributed by atoms with Gasteiger partial charge in [-0.15, -0.1) is 0 Å². The summed E-state index contributed by atoms with van der Waals surface area (Å²) in [6, 6.07) is 11.3. The van der Waals surface area contributed by atoms with E-state index in [0.717, 1.165) is 36.5 Å². The highest BCUT2D eigenvalue weighted by Crippen LogP contribution is 2.12. The first-order valence-electron chi connectivity index (χ1n) is 8.43. The molecule has 0 radical (unpaired) electrons. The zero-order valence-corrected chi connectivity index (χ0v) is 14.1. The maximum absolute atomic E-state index is 13.1. The normalized spacial score (nSPS) is 15.8. The number of halogens is 2. The van der Waals surface area contributed by atoms with Crippen molar-refractivity contribution in [2.45, 2.75) is 13.0 Å². The molecule has 0 saturated heterocycles. The molecule has 136 valence electrons. The minimum absolute atomic E-state index is 0.140. The summed E-state index contributed by atoms with van der Waals surface area (Å²) < 4.78 is 26.0. The van der Waals surface area contributed by atoms with Crippen molar-refractivity contribution in [3.05, 3.63) is 65.2 Å². The summed E-state index contributed by atoms with van der Waals surface area (Å²) >= 11 is 0. The predicted molar refractivity (Wildman–Crippen MR) is 92.5 cm³/mol. The van der Waals surface area contributed by atoms with Crippen LogP contribution >= 0.6 is 0 Å². The number of benzene rings is 2. The number of hydrogen-bond acceptors (Lipinski definition) is 2. The Labute approximate surface area is 150 Å². The maximum atomic E-state index is 13.1. The SMILES string of the molecule is O=C(C[NH+]1CCc2ccccc2C1)NCC(=O)Nc1ccc(F)c(F)c1. The lowest BCUT2D eigenvalue weighted by atomic mass is 10.00. The Morgan fingerprint density at radius 1 is 1.00 bits per heavy atom. The molecule has 2 aromatic carbocycles. The van der Waals surface area contributed by atoms with E-state index in [2.05, 4.69) is 22.8 Å². The smallest absolute Gasteiger partial charge is 0.275 e. The van der Waals surface area contributed by atoms with E-state index < -0.39 is 17.5 Å². The molecule has 7 heteroatoms. The van der Waals surface area contributed by atoms with Crippen LogP contribution in [0.1, 0.15) is 11.1 Å². The molecule has 0 bridgehead atoms. The summed E-state index contributed by atoms with van der Waals surface area (Å²) in [5.41, 5.74) is 2.71. The molecule has 0 aliphatic carbocycles. The zero-order chi connectivity index (χ0) is 18.5. The summed E-state index contributed by atoms with van der Waals surface area (Å²) in [6.45, 7) is 1.71. The van der Waals surface area contributed by atoms with Crippen LogP contribution in [-0.2, 0) is 22.6 Å². The molecule has 0 saturated carbocycles. The van der Waals surface area contributed by atoms with Crippen LogP contribution < -0.4 is 15.5 Å². The molecule has 0 aromatic heterocycles. The molecule has 2 aromatic rings. The van der Waals surface area contributed by atoms with Crippen molar-refractivity contribution in [1.29, 1.82) is 0 Å². The quantitative estimate of drug-likeness (QED) is 0.734. The van der Waals surface area contributed by atoms with E-state index in [1.807, 2.05) is 12.1 Å². The van der Waals surface area contributed by atoms with Crippen LogP contribution in [0.15, 0.2) is 42.5 Å². The first-order chi connectivity index (χ1) is 12.5. The lowest BCUT2D eigenvalue weighted by Gasteiger charge is -2.25. The molecule has 1 atom stereocenters. The largest absolute Gasteiger partial charge is 0.342 e. The van der Waals surface area contributed by atoms with Crippen molar-refractivity contribution in [2.24, 2.45) is 0 Å². The Kier molecular flexibility index (Phi) is 5.58. The van der Waals surface area contributed by atoms with E-state index in [-0.39, 0.29) is 24.7 Å². The van der Waals surface area contributed by atoms with Crippen LogP contribution in [0.2, 0.25) is 0 Å². The van der Waals surface area contributed by atoms with Gasteiger partial charge in [0.2, 0.25) is 5.91 Å². The minimum Gasteiger partial charge on any atom is -0.342 e. The van der Waals surface area contributed by atoms with Crippen molar-refractivity contribution in [3.8, 4) is 0 Å². The number of rotatable bonds is 5.